The molecule has 0 bridgehead atoms. The molecule has 1 amide bonds. The quantitative estimate of drug-likeness (QED) is 0.487. The Morgan fingerprint density at radius 1 is 1.19 bits per heavy atom. The molecule has 0 heterocycles. The maximum atomic E-state index is 11.9. The summed E-state index contributed by atoms with van der Waals surface area (Å²) in [4.78, 5) is 23.2. The van der Waals surface area contributed by atoms with Crippen molar-refractivity contribution in [3.63, 3.8) is 0 Å². The average molecular weight is 293 g/mol. The standard InChI is InChI=1S/C15H23N3O3/c16-9-5-4-8-12(17)14(19)18-13(15(20)21)10-11-6-2-1-3-7-11/h1-3,6-7,12-13H,4-5,8-10,16-17H2,(H,18,19)(H,20,21)/t12?,13-/m0/s1. The summed E-state index contributed by atoms with van der Waals surface area (Å²) >= 11 is 0. The van der Waals surface area contributed by atoms with Crippen molar-refractivity contribution in [3.8, 4) is 0 Å². The van der Waals surface area contributed by atoms with Crippen LogP contribution in [0.3, 0.4) is 0 Å². The average Bonchev–Trinajstić information content (AvgIpc) is 2.47. The molecule has 6 heteroatoms. The van der Waals surface area contributed by atoms with Crippen LogP contribution in [-0.2, 0) is 16.0 Å². The summed E-state index contributed by atoms with van der Waals surface area (Å²) in [5.74, 6) is -1.50. The van der Waals surface area contributed by atoms with Gasteiger partial charge in [-0.15, -0.1) is 0 Å². The van der Waals surface area contributed by atoms with Gasteiger partial charge in [-0.2, -0.15) is 0 Å². The summed E-state index contributed by atoms with van der Waals surface area (Å²) in [5.41, 5.74) is 12.0. The van der Waals surface area contributed by atoms with Gasteiger partial charge in [-0.3, -0.25) is 4.79 Å². The van der Waals surface area contributed by atoms with E-state index in [4.69, 9.17) is 11.5 Å². The van der Waals surface area contributed by atoms with Gasteiger partial charge in [-0.25, -0.2) is 4.79 Å². The van der Waals surface area contributed by atoms with Gasteiger partial charge in [-0.1, -0.05) is 36.8 Å². The lowest BCUT2D eigenvalue weighted by atomic mass is 10.0. The predicted molar refractivity (Wildman–Crippen MR) is 80.6 cm³/mol. The molecule has 0 fully saturated rings. The molecule has 0 aromatic heterocycles. The number of carbonyl (C=O) groups is 2. The minimum atomic E-state index is -1.07. The Morgan fingerprint density at radius 2 is 1.86 bits per heavy atom. The number of amides is 1. The molecule has 0 aliphatic carbocycles. The van der Waals surface area contributed by atoms with Crippen LogP contribution < -0.4 is 16.8 Å². The van der Waals surface area contributed by atoms with E-state index in [-0.39, 0.29) is 6.42 Å². The van der Waals surface area contributed by atoms with Crippen molar-refractivity contribution in [2.75, 3.05) is 6.54 Å². The number of nitrogens with two attached hydrogens (primary N) is 2. The highest BCUT2D eigenvalue weighted by Gasteiger charge is 2.23. The highest BCUT2D eigenvalue weighted by Crippen LogP contribution is 2.05. The first-order valence-corrected chi connectivity index (χ1v) is 7.07. The van der Waals surface area contributed by atoms with Gasteiger partial charge in [0.1, 0.15) is 6.04 Å². The fourth-order valence-corrected chi connectivity index (χ4v) is 1.97. The number of hydrogen-bond acceptors (Lipinski definition) is 4. The molecule has 116 valence electrons. The molecule has 6 N–H and O–H groups in total. The monoisotopic (exact) mass is 293 g/mol. The van der Waals surface area contributed by atoms with E-state index in [1.54, 1.807) is 0 Å². The number of carboxylic acids is 1. The van der Waals surface area contributed by atoms with Crippen LogP contribution >= 0.6 is 0 Å². The van der Waals surface area contributed by atoms with Gasteiger partial charge in [0.05, 0.1) is 6.04 Å². The molecule has 2 atom stereocenters. The molecule has 1 aromatic rings. The van der Waals surface area contributed by atoms with E-state index < -0.39 is 24.0 Å². The second kappa shape index (κ2) is 9.10. The van der Waals surface area contributed by atoms with Gasteiger partial charge < -0.3 is 21.9 Å². The van der Waals surface area contributed by atoms with Crippen LogP contribution in [0.5, 0.6) is 0 Å². The van der Waals surface area contributed by atoms with E-state index in [2.05, 4.69) is 5.32 Å². The summed E-state index contributed by atoms with van der Waals surface area (Å²) in [6.45, 7) is 0.556. The Labute approximate surface area is 124 Å². The molecule has 1 unspecified atom stereocenters. The van der Waals surface area contributed by atoms with Gasteiger partial charge in [0.25, 0.3) is 0 Å². The molecule has 0 radical (unpaired) electrons. The Bertz CT molecular complexity index is 451. The zero-order valence-electron chi connectivity index (χ0n) is 12.0. The van der Waals surface area contributed by atoms with Gasteiger partial charge >= 0.3 is 5.97 Å². The molecule has 1 rings (SSSR count). The van der Waals surface area contributed by atoms with Crippen molar-refractivity contribution >= 4 is 11.9 Å². The van der Waals surface area contributed by atoms with Crippen LogP contribution in [-0.4, -0.2) is 35.6 Å². The molecule has 0 aliphatic rings. The molecular weight excluding hydrogens is 270 g/mol. The Balaban J connectivity index is 2.54. The van der Waals surface area contributed by atoms with E-state index in [1.165, 1.54) is 0 Å². The number of benzene rings is 1. The molecule has 1 aromatic carbocycles. The number of rotatable bonds is 9. The number of aliphatic carboxylic acids is 1. The Kier molecular flexibility index (Phi) is 7.42. The van der Waals surface area contributed by atoms with Crippen LogP contribution in [0.2, 0.25) is 0 Å². The van der Waals surface area contributed by atoms with E-state index in [0.717, 1.165) is 18.4 Å². The molecule has 0 saturated heterocycles. The summed E-state index contributed by atoms with van der Waals surface area (Å²) in [6, 6.07) is 7.48. The Hall–Kier alpha value is -1.92. The third-order valence-corrected chi connectivity index (χ3v) is 3.20. The minimum absolute atomic E-state index is 0.234. The smallest absolute Gasteiger partial charge is 0.326 e. The predicted octanol–water partition coefficient (Wildman–Crippen LogP) is 0.255. The number of carboxylic acid groups (broad SMARTS) is 1. The van der Waals surface area contributed by atoms with Crippen LogP contribution in [0.15, 0.2) is 30.3 Å². The molecule has 0 saturated carbocycles. The van der Waals surface area contributed by atoms with Crippen LogP contribution in [0.25, 0.3) is 0 Å². The number of nitrogens with one attached hydrogen (secondary N) is 1. The highest BCUT2D eigenvalue weighted by molar-refractivity contribution is 5.86. The first-order valence-electron chi connectivity index (χ1n) is 7.07. The van der Waals surface area contributed by atoms with Crippen LogP contribution in [0.4, 0.5) is 0 Å². The minimum Gasteiger partial charge on any atom is -0.480 e. The van der Waals surface area contributed by atoms with E-state index in [1.807, 2.05) is 30.3 Å². The Morgan fingerprint density at radius 3 is 2.43 bits per heavy atom. The summed E-state index contributed by atoms with van der Waals surface area (Å²) in [5, 5.41) is 11.7. The van der Waals surface area contributed by atoms with Crippen LogP contribution in [0.1, 0.15) is 24.8 Å². The first-order chi connectivity index (χ1) is 10.0. The molecule has 0 spiro atoms. The summed E-state index contributed by atoms with van der Waals surface area (Å²) in [6.07, 6.45) is 2.28. The zero-order chi connectivity index (χ0) is 15.7. The lowest BCUT2D eigenvalue weighted by Gasteiger charge is -2.18. The van der Waals surface area contributed by atoms with Gasteiger partial charge in [0, 0.05) is 6.42 Å². The van der Waals surface area contributed by atoms with E-state index in [0.29, 0.717) is 13.0 Å². The maximum Gasteiger partial charge on any atom is 0.326 e. The fraction of sp³-hybridized carbons (Fsp3) is 0.467. The normalized spacial score (nSPS) is 13.4. The van der Waals surface area contributed by atoms with Crippen molar-refractivity contribution in [2.24, 2.45) is 11.5 Å². The second-order valence-electron chi connectivity index (χ2n) is 4.98. The second-order valence-corrected chi connectivity index (χ2v) is 4.98. The van der Waals surface area contributed by atoms with Crippen molar-refractivity contribution in [3.05, 3.63) is 35.9 Å². The van der Waals surface area contributed by atoms with Crippen molar-refractivity contribution in [2.45, 2.75) is 37.8 Å². The van der Waals surface area contributed by atoms with Crippen LogP contribution in [0, 0.1) is 0 Å². The topological polar surface area (TPSA) is 118 Å². The van der Waals surface area contributed by atoms with Gasteiger partial charge in [0.2, 0.25) is 5.91 Å². The SMILES string of the molecule is NCCCCC(N)C(=O)N[C@@H](Cc1ccccc1)C(=O)O. The third-order valence-electron chi connectivity index (χ3n) is 3.20. The highest BCUT2D eigenvalue weighted by atomic mass is 16.4. The molecular formula is C15H23N3O3. The van der Waals surface area contributed by atoms with Gasteiger partial charge in [-0.05, 0) is 24.9 Å². The van der Waals surface area contributed by atoms with Gasteiger partial charge in [0.15, 0.2) is 0 Å². The lowest BCUT2D eigenvalue weighted by molar-refractivity contribution is -0.142. The maximum absolute atomic E-state index is 11.9. The summed E-state index contributed by atoms with van der Waals surface area (Å²) < 4.78 is 0. The van der Waals surface area contributed by atoms with Crippen molar-refractivity contribution < 1.29 is 14.7 Å². The zero-order valence-corrected chi connectivity index (χ0v) is 12.0. The largest absolute Gasteiger partial charge is 0.480 e. The lowest BCUT2D eigenvalue weighted by Crippen LogP contribution is -2.49. The molecule has 6 nitrogen and oxygen atoms in total. The number of hydrogen-bond donors (Lipinski definition) is 4. The fourth-order valence-electron chi connectivity index (χ4n) is 1.97. The number of unbranched alkanes of at least 4 members (excludes halogenated alkanes) is 1. The van der Waals surface area contributed by atoms with E-state index >= 15 is 0 Å². The first kappa shape index (κ1) is 17.1. The summed E-state index contributed by atoms with van der Waals surface area (Å²) in [7, 11) is 0. The van der Waals surface area contributed by atoms with Crippen molar-refractivity contribution in [1.29, 1.82) is 0 Å². The molecule has 21 heavy (non-hydrogen) atoms. The van der Waals surface area contributed by atoms with E-state index in [9.17, 15) is 14.7 Å². The van der Waals surface area contributed by atoms with Crippen molar-refractivity contribution in [1.82, 2.24) is 5.32 Å². The third kappa shape index (κ3) is 6.37. The number of carbonyl (C=O) groups excluding carboxylic acids is 1. The molecule has 0 aliphatic heterocycles.